The Morgan fingerprint density at radius 1 is 1.28 bits per heavy atom. The molecule has 130 valence electrons. The summed E-state index contributed by atoms with van der Waals surface area (Å²) in [5.74, 6) is -2.00. The molecule has 1 aromatic heterocycles. The summed E-state index contributed by atoms with van der Waals surface area (Å²) in [6.07, 6.45) is 0.895. The Morgan fingerprint density at radius 2 is 1.96 bits per heavy atom. The molecule has 0 spiro atoms. The van der Waals surface area contributed by atoms with Crippen LogP contribution in [0.15, 0.2) is 57.4 Å². The number of allylic oxidation sites excluding steroid dienone is 1. The van der Waals surface area contributed by atoms with Crippen LogP contribution in [0.4, 0.5) is 5.69 Å². The van der Waals surface area contributed by atoms with Gasteiger partial charge in [-0.05, 0) is 26.0 Å². The van der Waals surface area contributed by atoms with E-state index in [1.165, 1.54) is 6.92 Å². The summed E-state index contributed by atoms with van der Waals surface area (Å²) in [7, 11) is 0. The van der Waals surface area contributed by atoms with E-state index in [1.807, 2.05) is 0 Å². The van der Waals surface area contributed by atoms with Gasteiger partial charge in [0.25, 0.3) is 0 Å². The zero-order valence-corrected chi connectivity index (χ0v) is 13.7. The number of carbonyl (C=O) groups is 2. The molecular weight excluding hydrogens is 326 g/mol. The molecule has 0 saturated carbocycles. The van der Waals surface area contributed by atoms with Gasteiger partial charge in [0, 0.05) is 17.8 Å². The van der Waals surface area contributed by atoms with E-state index in [-0.39, 0.29) is 18.1 Å². The lowest BCUT2D eigenvalue weighted by atomic mass is 10.1. The van der Waals surface area contributed by atoms with Crippen molar-refractivity contribution in [2.24, 2.45) is 0 Å². The third kappa shape index (κ3) is 4.57. The topological polar surface area (TPSA) is 106 Å². The molecule has 0 atom stereocenters. The van der Waals surface area contributed by atoms with Crippen LogP contribution in [0, 0.1) is 6.92 Å². The predicted molar refractivity (Wildman–Crippen MR) is 90.5 cm³/mol. The number of hydrogen-bond donors (Lipinski definition) is 2. The smallest absolute Gasteiger partial charge is 0.354 e. The number of para-hydroxylation sites is 1. The second kappa shape index (κ2) is 7.96. The van der Waals surface area contributed by atoms with Crippen molar-refractivity contribution in [3.8, 4) is 5.75 Å². The van der Waals surface area contributed by atoms with Gasteiger partial charge in [0.15, 0.2) is 5.78 Å². The number of carbonyl (C=O) groups excluding carboxylic acids is 2. The van der Waals surface area contributed by atoms with E-state index in [0.717, 1.165) is 12.1 Å². The number of anilines is 1. The molecule has 7 heteroatoms. The van der Waals surface area contributed by atoms with Crippen molar-refractivity contribution in [2.45, 2.75) is 13.8 Å². The maximum atomic E-state index is 12.4. The molecule has 0 aliphatic carbocycles. The van der Waals surface area contributed by atoms with Gasteiger partial charge in [-0.2, -0.15) is 0 Å². The Labute approximate surface area is 143 Å². The van der Waals surface area contributed by atoms with Crippen molar-refractivity contribution < 1.29 is 23.8 Å². The first-order chi connectivity index (χ1) is 11.9. The highest BCUT2D eigenvalue weighted by Crippen LogP contribution is 2.17. The molecular formula is C18H17NO6. The van der Waals surface area contributed by atoms with Gasteiger partial charge in [-0.25, -0.2) is 9.59 Å². The van der Waals surface area contributed by atoms with Crippen LogP contribution < -0.4 is 10.9 Å². The van der Waals surface area contributed by atoms with Gasteiger partial charge in [0.1, 0.15) is 22.8 Å². The van der Waals surface area contributed by atoms with Gasteiger partial charge in [-0.1, -0.05) is 18.2 Å². The van der Waals surface area contributed by atoms with E-state index in [4.69, 9.17) is 9.15 Å². The molecule has 0 radical (unpaired) electrons. The average Bonchev–Trinajstić information content (AvgIpc) is 2.54. The zero-order chi connectivity index (χ0) is 18.4. The van der Waals surface area contributed by atoms with Gasteiger partial charge in [-0.15, -0.1) is 0 Å². The molecule has 0 saturated heterocycles. The van der Waals surface area contributed by atoms with Crippen LogP contribution in [0.25, 0.3) is 0 Å². The van der Waals surface area contributed by atoms with E-state index >= 15 is 0 Å². The Bertz CT molecular complexity index is 867. The molecule has 0 fully saturated rings. The fraction of sp³-hybridized carbons (Fsp3) is 0.167. The van der Waals surface area contributed by atoms with Crippen LogP contribution in [0.3, 0.4) is 0 Å². The summed E-state index contributed by atoms with van der Waals surface area (Å²) in [5.41, 5.74) is -1.16. The van der Waals surface area contributed by atoms with Crippen LogP contribution in [-0.4, -0.2) is 23.5 Å². The van der Waals surface area contributed by atoms with Crippen molar-refractivity contribution in [1.29, 1.82) is 0 Å². The first-order valence-corrected chi connectivity index (χ1v) is 7.51. The van der Waals surface area contributed by atoms with E-state index in [9.17, 15) is 19.5 Å². The molecule has 0 aliphatic heterocycles. The number of esters is 1. The van der Waals surface area contributed by atoms with Crippen LogP contribution in [0.5, 0.6) is 5.75 Å². The van der Waals surface area contributed by atoms with Crippen LogP contribution in [-0.2, 0) is 9.53 Å². The lowest BCUT2D eigenvalue weighted by Gasteiger charge is -2.10. The minimum atomic E-state index is -0.985. The standard InChI is InChI=1S/C18H17NO6/c1-3-24-17(22)13(19-12-7-5-4-6-8-12)10-15(21)16-14(20)9-11(2)25-18(16)23/h4-10,19-20H,3H2,1-2H3. The maximum absolute atomic E-state index is 12.4. The minimum absolute atomic E-state index is 0.110. The number of benzene rings is 1. The van der Waals surface area contributed by atoms with E-state index < -0.39 is 28.7 Å². The van der Waals surface area contributed by atoms with Crippen molar-refractivity contribution in [3.63, 3.8) is 0 Å². The summed E-state index contributed by atoms with van der Waals surface area (Å²) in [6.45, 7) is 3.20. The lowest BCUT2D eigenvalue weighted by molar-refractivity contribution is -0.138. The summed E-state index contributed by atoms with van der Waals surface area (Å²) in [6, 6.07) is 9.81. The first kappa shape index (κ1) is 18.0. The van der Waals surface area contributed by atoms with Crippen molar-refractivity contribution in [3.05, 3.63) is 69.9 Å². The van der Waals surface area contributed by atoms with E-state index in [0.29, 0.717) is 5.69 Å². The van der Waals surface area contributed by atoms with Gasteiger partial charge < -0.3 is 19.6 Å². The lowest BCUT2D eigenvalue weighted by Crippen LogP contribution is -2.19. The van der Waals surface area contributed by atoms with E-state index in [2.05, 4.69) is 5.32 Å². The quantitative estimate of drug-likeness (QED) is 0.471. The molecule has 25 heavy (non-hydrogen) atoms. The van der Waals surface area contributed by atoms with Gasteiger partial charge in [0.05, 0.1) is 6.61 Å². The normalized spacial score (nSPS) is 11.0. The maximum Gasteiger partial charge on any atom is 0.354 e. The number of nitrogens with one attached hydrogen (secondary N) is 1. The minimum Gasteiger partial charge on any atom is -0.507 e. The molecule has 7 nitrogen and oxygen atoms in total. The Kier molecular flexibility index (Phi) is 5.73. The summed E-state index contributed by atoms with van der Waals surface area (Å²) in [5, 5.41) is 12.6. The molecule has 0 aliphatic rings. The third-order valence-corrected chi connectivity index (χ3v) is 3.12. The monoisotopic (exact) mass is 343 g/mol. The molecule has 0 bridgehead atoms. The summed E-state index contributed by atoms with van der Waals surface area (Å²) >= 11 is 0. The molecule has 1 aromatic carbocycles. The second-order valence-corrected chi connectivity index (χ2v) is 5.04. The highest BCUT2D eigenvalue weighted by Gasteiger charge is 2.20. The Morgan fingerprint density at radius 3 is 2.56 bits per heavy atom. The zero-order valence-electron chi connectivity index (χ0n) is 13.7. The third-order valence-electron chi connectivity index (χ3n) is 3.12. The van der Waals surface area contributed by atoms with Crippen LogP contribution in [0.1, 0.15) is 23.0 Å². The highest BCUT2D eigenvalue weighted by atomic mass is 16.5. The highest BCUT2D eigenvalue weighted by molar-refractivity contribution is 6.10. The molecule has 2 rings (SSSR count). The van der Waals surface area contributed by atoms with Crippen molar-refractivity contribution >= 4 is 17.4 Å². The molecule has 2 N–H and O–H groups in total. The largest absolute Gasteiger partial charge is 0.507 e. The number of ether oxygens (including phenoxy) is 1. The Hall–Kier alpha value is -3.35. The van der Waals surface area contributed by atoms with Crippen molar-refractivity contribution in [1.82, 2.24) is 0 Å². The van der Waals surface area contributed by atoms with Crippen molar-refractivity contribution in [2.75, 3.05) is 11.9 Å². The predicted octanol–water partition coefficient (Wildman–Crippen LogP) is 2.40. The SMILES string of the molecule is CCOC(=O)C(=CC(=O)c1c(O)cc(C)oc1=O)Nc1ccccc1. The van der Waals surface area contributed by atoms with Gasteiger partial charge in [-0.3, -0.25) is 4.79 Å². The van der Waals surface area contributed by atoms with Gasteiger partial charge in [0.2, 0.25) is 0 Å². The van der Waals surface area contributed by atoms with E-state index in [1.54, 1.807) is 37.3 Å². The van der Waals surface area contributed by atoms with Crippen LogP contribution in [0.2, 0.25) is 0 Å². The fourth-order valence-corrected chi connectivity index (χ4v) is 2.06. The second-order valence-electron chi connectivity index (χ2n) is 5.04. The number of ketones is 1. The molecule has 0 amide bonds. The molecule has 2 aromatic rings. The number of rotatable bonds is 6. The summed E-state index contributed by atoms with van der Waals surface area (Å²) in [4.78, 5) is 36.3. The molecule has 1 heterocycles. The average molecular weight is 343 g/mol. The van der Waals surface area contributed by atoms with Crippen LogP contribution >= 0.6 is 0 Å². The fourth-order valence-electron chi connectivity index (χ4n) is 2.06. The van der Waals surface area contributed by atoms with Gasteiger partial charge >= 0.3 is 11.6 Å². The first-order valence-electron chi connectivity index (χ1n) is 7.51. The number of aromatic hydroxyl groups is 1. The summed E-state index contributed by atoms with van der Waals surface area (Å²) < 4.78 is 9.72. The molecule has 0 unspecified atom stereocenters. The Balaban J connectivity index is 2.41. The number of aryl methyl sites for hydroxylation is 1. The number of hydrogen-bond acceptors (Lipinski definition) is 7.